The Morgan fingerprint density at radius 2 is 1.79 bits per heavy atom. The van der Waals surface area contributed by atoms with Gasteiger partial charge >= 0.3 is 0 Å². The zero-order chi connectivity index (χ0) is 14.3. The Morgan fingerprint density at radius 1 is 1.21 bits per heavy atom. The van der Waals surface area contributed by atoms with E-state index >= 15 is 0 Å². The molecule has 1 aromatic rings. The molecule has 1 aromatic carbocycles. The normalized spacial score (nSPS) is 13.3. The van der Waals surface area contributed by atoms with E-state index in [0.29, 0.717) is 6.42 Å². The zero-order valence-electron chi connectivity index (χ0n) is 12.0. The molecule has 4 heteroatoms. The van der Waals surface area contributed by atoms with Crippen molar-refractivity contribution in [3.8, 4) is 5.75 Å². The summed E-state index contributed by atoms with van der Waals surface area (Å²) >= 11 is 0. The topological polar surface area (TPSA) is 61.7 Å². The maximum absolute atomic E-state index is 9.42. The number of hydrogen-bond acceptors (Lipinski definition) is 4. The molecule has 0 amide bonds. The molecule has 0 aliphatic heterocycles. The summed E-state index contributed by atoms with van der Waals surface area (Å²) in [4.78, 5) is 0. The van der Waals surface area contributed by atoms with Gasteiger partial charge in [0.2, 0.25) is 0 Å². The summed E-state index contributed by atoms with van der Waals surface area (Å²) in [7, 11) is 1.65. The minimum Gasteiger partial charge on any atom is -0.497 e. The van der Waals surface area contributed by atoms with Crippen LogP contribution in [0, 0.1) is 0 Å². The van der Waals surface area contributed by atoms with Crippen molar-refractivity contribution >= 4 is 0 Å². The van der Waals surface area contributed by atoms with Crippen LogP contribution in [0.3, 0.4) is 0 Å². The van der Waals surface area contributed by atoms with Crippen molar-refractivity contribution in [2.75, 3.05) is 20.3 Å². The highest BCUT2D eigenvalue weighted by Gasteiger charge is 2.27. The van der Waals surface area contributed by atoms with Gasteiger partial charge in [-0.2, -0.15) is 0 Å². The van der Waals surface area contributed by atoms with E-state index in [1.165, 1.54) is 5.56 Å². The quantitative estimate of drug-likeness (QED) is 0.665. The van der Waals surface area contributed by atoms with Gasteiger partial charge in [-0.1, -0.05) is 19.1 Å². The summed E-state index contributed by atoms with van der Waals surface area (Å²) < 4.78 is 5.13. The molecule has 0 radical (unpaired) electrons. The van der Waals surface area contributed by atoms with Crippen LogP contribution in [0.2, 0.25) is 0 Å². The molecular formula is C15H25NO3. The number of ether oxygens (including phenoxy) is 1. The smallest absolute Gasteiger partial charge is 0.118 e. The standard InChI is InChI=1S/C15H25NO3/c1-4-15(10-17,11-18)16-12(2)9-13-5-7-14(19-3)8-6-13/h5-8,12,16-18H,4,9-11H2,1-3H3. The molecule has 0 aliphatic rings. The average Bonchev–Trinajstić information content (AvgIpc) is 2.46. The second-order valence-corrected chi connectivity index (χ2v) is 5.05. The van der Waals surface area contributed by atoms with E-state index < -0.39 is 5.54 Å². The molecule has 1 atom stereocenters. The third-order valence-corrected chi connectivity index (χ3v) is 3.54. The van der Waals surface area contributed by atoms with Crippen molar-refractivity contribution in [1.29, 1.82) is 0 Å². The third-order valence-electron chi connectivity index (χ3n) is 3.54. The summed E-state index contributed by atoms with van der Waals surface area (Å²) in [6.07, 6.45) is 1.53. The fraction of sp³-hybridized carbons (Fsp3) is 0.600. The molecule has 0 saturated heterocycles. The monoisotopic (exact) mass is 267 g/mol. The van der Waals surface area contributed by atoms with Crippen molar-refractivity contribution in [2.45, 2.75) is 38.3 Å². The molecule has 108 valence electrons. The number of benzene rings is 1. The zero-order valence-corrected chi connectivity index (χ0v) is 12.0. The largest absolute Gasteiger partial charge is 0.497 e. The molecule has 0 aromatic heterocycles. The molecule has 0 bridgehead atoms. The van der Waals surface area contributed by atoms with E-state index in [0.717, 1.165) is 12.2 Å². The summed E-state index contributed by atoms with van der Waals surface area (Å²) in [6.45, 7) is 3.89. The minimum atomic E-state index is -0.591. The van der Waals surface area contributed by atoms with Gasteiger partial charge in [0, 0.05) is 6.04 Å². The molecule has 4 nitrogen and oxygen atoms in total. The van der Waals surface area contributed by atoms with Crippen LogP contribution in [0.15, 0.2) is 24.3 Å². The Balaban J connectivity index is 2.60. The first-order chi connectivity index (χ1) is 9.09. The molecule has 0 fully saturated rings. The fourth-order valence-corrected chi connectivity index (χ4v) is 2.16. The Morgan fingerprint density at radius 3 is 2.21 bits per heavy atom. The molecule has 0 spiro atoms. The molecule has 0 aliphatic carbocycles. The van der Waals surface area contributed by atoms with Crippen molar-refractivity contribution in [3.05, 3.63) is 29.8 Å². The maximum Gasteiger partial charge on any atom is 0.118 e. The van der Waals surface area contributed by atoms with Crippen LogP contribution in [-0.2, 0) is 6.42 Å². The lowest BCUT2D eigenvalue weighted by Gasteiger charge is -2.33. The highest BCUT2D eigenvalue weighted by molar-refractivity contribution is 5.27. The number of hydrogen-bond donors (Lipinski definition) is 3. The van der Waals surface area contributed by atoms with Crippen molar-refractivity contribution in [1.82, 2.24) is 5.32 Å². The molecule has 19 heavy (non-hydrogen) atoms. The van der Waals surface area contributed by atoms with E-state index in [4.69, 9.17) is 4.74 Å². The maximum atomic E-state index is 9.42. The van der Waals surface area contributed by atoms with Crippen LogP contribution in [0.5, 0.6) is 5.75 Å². The second-order valence-electron chi connectivity index (χ2n) is 5.05. The Labute approximate surface area is 115 Å². The van der Waals surface area contributed by atoms with E-state index in [9.17, 15) is 10.2 Å². The predicted octanol–water partition coefficient (Wildman–Crippen LogP) is 1.35. The van der Waals surface area contributed by atoms with Gasteiger partial charge in [-0.3, -0.25) is 0 Å². The van der Waals surface area contributed by atoms with Crippen molar-refractivity contribution < 1.29 is 14.9 Å². The number of nitrogens with one attached hydrogen (secondary N) is 1. The summed E-state index contributed by atoms with van der Waals surface area (Å²) in [5.74, 6) is 0.845. The number of methoxy groups -OCH3 is 1. The van der Waals surface area contributed by atoms with Gasteiger partial charge in [-0.05, 0) is 37.5 Å². The lowest BCUT2D eigenvalue weighted by Crippen LogP contribution is -2.55. The van der Waals surface area contributed by atoms with Crippen LogP contribution in [0.25, 0.3) is 0 Å². The number of aliphatic hydroxyl groups excluding tert-OH is 2. The lowest BCUT2D eigenvalue weighted by molar-refractivity contribution is 0.0793. The summed E-state index contributed by atoms with van der Waals surface area (Å²) in [5, 5.41) is 22.2. The minimum absolute atomic E-state index is 0.0625. The highest BCUT2D eigenvalue weighted by Crippen LogP contribution is 2.15. The summed E-state index contributed by atoms with van der Waals surface area (Å²) in [6, 6.07) is 8.11. The van der Waals surface area contributed by atoms with Gasteiger partial charge in [0.25, 0.3) is 0 Å². The van der Waals surface area contributed by atoms with Crippen molar-refractivity contribution in [2.24, 2.45) is 0 Å². The van der Waals surface area contributed by atoms with E-state index in [1.807, 2.05) is 31.2 Å². The van der Waals surface area contributed by atoms with Crippen LogP contribution in [0.1, 0.15) is 25.8 Å². The van der Waals surface area contributed by atoms with Crippen molar-refractivity contribution in [3.63, 3.8) is 0 Å². The van der Waals surface area contributed by atoms with Crippen LogP contribution in [-0.4, -0.2) is 42.1 Å². The fourth-order valence-electron chi connectivity index (χ4n) is 2.16. The SMILES string of the molecule is CCC(CO)(CO)NC(C)Cc1ccc(OC)cc1. The molecule has 0 heterocycles. The van der Waals surface area contributed by atoms with Crippen LogP contribution >= 0.6 is 0 Å². The van der Waals surface area contributed by atoms with Gasteiger partial charge in [-0.15, -0.1) is 0 Å². The Bertz CT molecular complexity index is 352. The second kappa shape index (κ2) is 7.48. The van der Waals surface area contributed by atoms with Gasteiger partial charge < -0.3 is 20.3 Å². The van der Waals surface area contributed by atoms with E-state index in [2.05, 4.69) is 12.2 Å². The van der Waals surface area contributed by atoms with Gasteiger partial charge in [0.1, 0.15) is 5.75 Å². The first-order valence-electron chi connectivity index (χ1n) is 6.71. The van der Waals surface area contributed by atoms with Gasteiger partial charge in [0.05, 0.1) is 25.9 Å². The number of aliphatic hydroxyl groups is 2. The third kappa shape index (κ3) is 4.49. The Kier molecular flexibility index (Phi) is 6.28. The van der Waals surface area contributed by atoms with Gasteiger partial charge in [0.15, 0.2) is 0 Å². The number of rotatable bonds is 8. The summed E-state index contributed by atoms with van der Waals surface area (Å²) in [5.41, 5.74) is 0.605. The molecular weight excluding hydrogens is 242 g/mol. The highest BCUT2D eigenvalue weighted by atomic mass is 16.5. The molecule has 1 unspecified atom stereocenters. The Hall–Kier alpha value is -1.10. The molecule has 3 N–H and O–H groups in total. The van der Waals surface area contributed by atoms with E-state index in [1.54, 1.807) is 7.11 Å². The molecule has 1 rings (SSSR count). The first kappa shape index (κ1) is 16.0. The van der Waals surface area contributed by atoms with E-state index in [-0.39, 0.29) is 19.3 Å². The lowest BCUT2D eigenvalue weighted by atomic mass is 9.95. The first-order valence-corrected chi connectivity index (χ1v) is 6.71. The van der Waals surface area contributed by atoms with Gasteiger partial charge in [-0.25, -0.2) is 0 Å². The molecule has 0 saturated carbocycles. The predicted molar refractivity (Wildman–Crippen MR) is 76.5 cm³/mol. The van der Waals surface area contributed by atoms with Crippen LogP contribution in [0.4, 0.5) is 0 Å². The average molecular weight is 267 g/mol. The van der Waals surface area contributed by atoms with Crippen LogP contribution < -0.4 is 10.1 Å².